The van der Waals surface area contributed by atoms with Crippen LogP contribution in [0.15, 0.2) is 30.3 Å². The maximum atomic E-state index is 12.2. The number of nitrogens with one attached hydrogen (secondary N) is 2. The molecule has 0 saturated heterocycles. The summed E-state index contributed by atoms with van der Waals surface area (Å²) < 4.78 is 10.5. The molecule has 0 atom stereocenters. The van der Waals surface area contributed by atoms with Crippen LogP contribution in [0.3, 0.4) is 0 Å². The number of methoxy groups -OCH3 is 2. The summed E-state index contributed by atoms with van der Waals surface area (Å²) >= 11 is 1.50. The highest BCUT2D eigenvalue weighted by molar-refractivity contribution is 7.99. The Morgan fingerprint density at radius 2 is 1.63 bits per heavy atom. The summed E-state index contributed by atoms with van der Waals surface area (Å²) in [6, 6.07) is 9.37. The summed E-state index contributed by atoms with van der Waals surface area (Å²) in [6.07, 6.45) is 1.13. The number of hydrogen-bond acceptors (Lipinski definition) is 5. The Morgan fingerprint density at radius 3 is 2.27 bits per heavy atom. The van der Waals surface area contributed by atoms with Gasteiger partial charge < -0.3 is 20.1 Å². The van der Waals surface area contributed by atoms with Crippen LogP contribution in [-0.2, 0) is 9.59 Å². The van der Waals surface area contributed by atoms with Crippen molar-refractivity contribution in [2.24, 2.45) is 0 Å². The third kappa shape index (κ3) is 6.99. The average Bonchev–Trinajstić information content (AvgIpc) is 2.70. The molecule has 2 aromatic carbocycles. The molecule has 0 aromatic heterocycles. The minimum atomic E-state index is -0.123. The number of ether oxygens (including phenoxy) is 2. The molecule has 162 valence electrons. The first kappa shape index (κ1) is 23.6. The molecule has 0 fully saturated rings. The largest absolute Gasteiger partial charge is 0.497 e. The van der Waals surface area contributed by atoms with Crippen LogP contribution in [0, 0.1) is 20.8 Å². The standard InChI is InChI=1S/C23H30N2O4S/c1-15-11-16(2)23(17(3)12-15)25-21(26)7-6-10-30-14-22(27)24-19-13-18(28-4)8-9-20(19)29-5/h8-9,11-13H,6-7,10,14H2,1-5H3,(H,24,27)(H,25,26). The summed E-state index contributed by atoms with van der Waals surface area (Å²) in [5, 5.41) is 5.85. The topological polar surface area (TPSA) is 76.7 Å². The molecule has 2 amide bonds. The predicted octanol–water partition coefficient (Wildman–Crippen LogP) is 4.72. The Bertz CT molecular complexity index is 876. The van der Waals surface area contributed by atoms with E-state index in [-0.39, 0.29) is 11.8 Å². The first-order valence-corrected chi connectivity index (χ1v) is 11.0. The number of amides is 2. The lowest BCUT2D eigenvalue weighted by molar-refractivity contribution is -0.116. The van der Waals surface area contributed by atoms with Crippen molar-refractivity contribution in [3.05, 3.63) is 47.0 Å². The Balaban J connectivity index is 1.73. The van der Waals surface area contributed by atoms with Crippen molar-refractivity contribution < 1.29 is 19.1 Å². The molecule has 0 spiro atoms. The van der Waals surface area contributed by atoms with Gasteiger partial charge in [0.1, 0.15) is 11.5 Å². The summed E-state index contributed by atoms with van der Waals surface area (Å²) in [7, 11) is 3.12. The smallest absolute Gasteiger partial charge is 0.234 e. The monoisotopic (exact) mass is 430 g/mol. The summed E-state index contributed by atoms with van der Waals surface area (Å²) in [5.74, 6) is 2.12. The maximum absolute atomic E-state index is 12.2. The Labute approximate surface area is 182 Å². The lowest BCUT2D eigenvalue weighted by Gasteiger charge is -2.13. The molecule has 7 heteroatoms. The second-order valence-corrected chi connectivity index (χ2v) is 8.20. The lowest BCUT2D eigenvalue weighted by Crippen LogP contribution is -2.16. The second-order valence-electron chi connectivity index (χ2n) is 7.09. The molecule has 0 aliphatic rings. The van der Waals surface area contributed by atoms with E-state index in [1.165, 1.54) is 17.3 Å². The Hall–Kier alpha value is -2.67. The fourth-order valence-electron chi connectivity index (χ4n) is 3.18. The quantitative estimate of drug-likeness (QED) is 0.534. The van der Waals surface area contributed by atoms with Gasteiger partial charge in [0.2, 0.25) is 11.8 Å². The summed E-state index contributed by atoms with van der Waals surface area (Å²) in [6.45, 7) is 6.05. The number of aryl methyl sites for hydroxylation is 3. The van der Waals surface area contributed by atoms with Crippen LogP contribution in [0.25, 0.3) is 0 Å². The van der Waals surface area contributed by atoms with Crippen LogP contribution < -0.4 is 20.1 Å². The molecule has 0 bridgehead atoms. The van der Waals surface area contributed by atoms with Gasteiger partial charge >= 0.3 is 0 Å². The van der Waals surface area contributed by atoms with Crippen molar-refractivity contribution in [2.75, 3.05) is 36.4 Å². The van der Waals surface area contributed by atoms with Crippen molar-refractivity contribution in [3.63, 3.8) is 0 Å². The number of benzene rings is 2. The van der Waals surface area contributed by atoms with Crippen LogP contribution in [-0.4, -0.2) is 37.5 Å². The van der Waals surface area contributed by atoms with Crippen LogP contribution in [0.4, 0.5) is 11.4 Å². The molecule has 0 saturated carbocycles. The Kier molecular flexibility index (Phi) is 9.05. The van der Waals surface area contributed by atoms with Gasteiger partial charge in [0.25, 0.3) is 0 Å². The normalized spacial score (nSPS) is 10.4. The minimum absolute atomic E-state index is 0.00350. The van der Waals surface area contributed by atoms with Crippen molar-refractivity contribution in [1.82, 2.24) is 0 Å². The van der Waals surface area contributed by atoms with E-state index in [4.69, 9.17) is 9.47 Å². The number of anilines is 2. The molecule has 0 heterocycles. The van der Waals surface area contributed by atoms with Crippen molar-refractivity contribution in [3.8, 4) is 11.5 Å². The van der Waals surface area contributed by atoms with Crippen LogP contribution in [0.5, 0.6) is 11.5 Å². The molecule has 0 aliphatic heterocycles. The highest BCUT2D eigenvalue weighted by Crippen LogP contribution is 2.29. The van der Waals surface area contributed by atoms with Gasteiger partial charge in [-0.15, -0.1) is 0 Å². The Morgan fingerprint density at radius 1 is 0.933 bits per heavy atom. The van der Waals surface area contributed by atoms with E-state index >= 15 is 0 Å². The van der Waals surface area contributed by atoms with Crippen LogP contribution >= 0.6 is 11.8 Å². The van der Waals surface area contributed by atoms with Gasteiger partial charge in [-0.1, -0.05) is 17.7 Å². The maximum Gasteiger partial charge on any atom is 0.234 e. The van der Waals surface area contributed by atoms with Crippen molar-refractivity contribution in [2.45, 2.75) is 33.6 Å². The molecular formula is C23H30N2O4S. The first-order valence-electron chi connectivity index (χ1n) is 9.81. The van der Waals surface area contributed by atoms with Gasteiger partial charge in [-0.3, -0.25) is 9.59 Å². The molecule has 2 aromatic rings. The molecule has 0 aliphatic carbocycles. The molecule has 0 unspecified atom stereocenters. The third-order valence-electron chi connectivity index (χ3n) is 4.55. The zero-order valence-electron chi connectivity index (χ0n) is 18.3. The van der Waals surface area contributed by atoms with Gasteiger partial charge in [0.05, 0.1) is 25.7 Å². The van der Waals surface area contributed by atoms with Gasteiger partial charge in [-0.25, -0.2) is 0 Å². The number of carbonyl (C=O) groups is 2. The van der Waals surface area contributed by atoms with Crippen molar-refractivity contribution in [1.29, 1.82) is 0 Å². The fourth-order valence-corrected chi connectivity index (χ4v) is 3.93. The van der Waals surface area contributed by atoms with E-state index in [9.17, 15) is 9.59 Å². The first-order chi connectivity index (χ1) is 14.3. The highest BCUT2D eigenvalue weighted by Gasteiger charge is 2.11. The minimum Gasteiger partial charge on any atom is -0.497 e. The zero-order chi connectivity index (χ0) is 22.1. The molecule has 0 radical (unpaired) electrons. The number of hydrogen-bond donors (Lipinski definition) is 2. The van der Waals surface area contributed by atoms with E-state index in [1.807, 2.05) is 20.8 Å². The number of carbonyl (C=O) groups excluding carboxylic acids is 2. The summed E-state index contributed by atoms with van der Waals surface area (Å²) in [4.78, 5) is 24.5. The van der Waals surface area contributed by atoms with E-state index < -0.39 is 0 Å². The second kappa shape index (κ2) is 11.5. The molecule has 2 N–H and O–H groups in total. The van der Waals surface area contributed by atoms with E-state index in [0.717, 1.165) is 22.6 Å². The van der Waals surface area contributed by atoms with Crippen LogP contribution in [0.1, 0.15) is 29.5 Å². The molecule has 6 nitrogen and oxygen atoms in total. The van der Waals surface area contributed by atoms with Gasteiger partial charge in [0.15, 0.2) is 0 Å². The van der Waals surface area contributed by atoms with E-state index in [1.54, 1.807) is 32.4 Å². The lowest BCUT2D eigenvalue weighted by atomic mass is 10.0. The molecule has 30 heavy (non-hydrogen) atoms. The van der Waals surface area contributed by atoms with Gasteiger partial charge in [-0.2, -0.15) is 11.8 Å². The van der Waals surface area contributed by atoms with Gasteiger partial charge in [-0.05, 0) is 56.2 Å². The molecule has 2 rings (SSSR count). The predicted molar refractivity (Wildman–Crippen MR) is 124 cm³/mol. The number of rotatable bonds is 10. The highest BCUT2D eigenvalue weighted by atomic mass is 32.2. The van der Waals surface area contributed by atoms with Gasteiger partial charge in [0, 0.05) is 18.2 Å². The van der Waals surface area contributed by atoms with Crippen molar-refractivity contribution >= 4 is 35.0 Å². The van der Waals surface area contributed by atoms with E-state index in [2.05, 4.69) is 22.8 Å². The van der Waals surface area contributed by atoms with E-state index in [0.29, 0.717) is 35.8 Å². The zero-order valence-corrected chi connectivity index (χ0v) is 19.1. The molecular weight excluding hydrogens is 400 g/mol. The summed E-state index contributed by atoms with van der Waals surface area (Å²) in [5.41, 5.74) is 4.79. The average molecular weight is 431 g/mol. The third-order valence-corrected chi connectivity index (χ3v) is 5.59. The SMILES string of the molecule is COc1ccc(OC)c(NC(=O)CSCCCC(=O)Nc2c(C)cc(C)cc2C)c1. The fraction of sp³-hybridized carbons (Fsp3) is 0.391. The number of thioether (sulfide) groups is 1. The van der Waals surface area contributed by atoms with Crippen LogP contribution in [0.2, 0.25) is 0 Å².